The Kier molecular flexibility index (Phi) is 1.72. The van der Waals surface area contributed by atoms with Gasteiger partial charge < -0.3 is 12.9 Å². The molecule has 0 saturated heterocycles. The van der Waals surface area contributed by atoms with Gasteiger partial charge >= 0.3 is 6.98 Å². The lowest BCUT2D eigenvalue weighted by Crippen LogP contribution is -2.34. The Bertz CT molecular complexity index is 231. The molecule has 0 unspecified atom stereocenters. The summed E-state index contributed by atoms with van der Waals surface area (Å²) in [5.41, 5.74) is -0.734. The van der Waals surface area contributed by atoms with Gasteiger partial charge in [0.25, 0.3) is 0 Å². The molecule has 0 aliphatic carbocycles. The fourth-order valence-electron chi connectivity index (χ4n) is 0.531. The molecule has 0 bridgehead atoms. The first kappa shape index (κ1) is 7.59. The molecular formula is C4H4BF3NS-. The highest BCUT2D eigenvalue weighted by atomic mass is 32.1. The number of nitrogens with zero attached hydrogens (tertiary/aromatic N) is 1. The van der Waals surface area contributed by atoms with Crippen LogP contribution >= 0.6 is 11.3 Å². The van der Waals surface area contributed by atoms with E-state index in [0.29, 0.717) is 5.01 Å². The monoisotopic (exact) mass is 166 g/mol. The topological polar surface area (TPSA) is 12.9 Å². The normalized spacial score (nSPS) is 12.0. The third-order valence-corrected chi connectivity index (χ3v) is 1.76. The van der Waals surface area contributed by atoms with E-state index in [9.17, 15) is 12.9 Å². The zero-order valence-corrected chi connectivity index (χ0v) is 5.96. The Balaban J connectivity index is 2.96. The van der Waals surface area contributed by atoms with Crippen LogP contribution in [0.25, 0.3) is 0 Å². The zero-order chi connectivity index (χ0) is 7.78. The van der Waals surface area contributed by atoms with E-state index in [2.05, 4.69) is 4.98 Å². The van der Waals surface area contributed by atoms with Crippen LogP contribution in [-0.2, 0) is 0 Å². The Hall–Kier alpha value is -0.515. The van der Waals surface area contributed by atoms with Crippen LogP contribution in [0, 0.1) is 6.92 Å². The van der Waals surface area contributed by atoms with Gasteiger partial charge in [0, 0.05) is 0 Å². The molecule has 56 valence electrons. The molecule has 0 fully saturated rings. The minimum absolute atomic E-state index is 0.453. The number of aryl methyl sites for hydroxylation is 1. The van der Waals surface area contributed by atoms with Crippen LogP contribution in [-0.4, -0.2) is 12.0 Å². The SMILES string of the molecule is Cc1nc([B-](F)(F)F)cs1. The molecule has 0 aliphatic heterocycles. The smallest absolute Gasteiger partial charge is 0.444 e. The van der Waals surface area contributed by atoms with Gasteiger partial charge in [-0.15, -0.1) is 11.3 Å². The second-order valence-electron chi connectivity index (χ2n) is 1.87. The Morgan fingerprint density at radius 3 is 2.30 bits per heavy atom. The van der Waals surface area contributed by atoms with Gasteiger partial charge in [0.15, 0.2) is 0 Å². The molecule has 0 N–H and O–H groups in total. The molecule has 6 heteroatoms. The van der Waals surface area contributed by atoms with Gasteiger partial charge in [-0.25, -0.2) is 0 Å². The van der Waals surface area contributed by atoms with E-state index in [4.69, 9.17) is 0 Å². The van der Waals surface area contributed by atoms with Crippen LogP contribution in [0.4, 0.5) is 12.9 Å². The first-order valence-corrected chi connectivity index (χ1v) is 3.50. The number of halogens is 3. The summed E-state index contributed by atoms with van der Waals surface area (Å²) < 4.78 is 35.4. The molecule has 1 aromatic rings. The highest BCUT2D eigenvalue weighted by Gasteiger charge is 2.28. The highest BCUT2D eigenvalue weighted by molar-refractivity contribution is 7.10. The predicted octanol–water partition coefficient (Wildman–Crippen LogP) is 1.51. The summed E-state index contributed by atoms with van der Waals surface area (Å²) in [6.45, 7) is -3.33. The summed E-state index contributed by atoms with van der Waals surface area (Å²) >= 11 is 1.02. The van der Waals surface area contributed by atoms with Crippen LogP contribution in [0.1, 0.15) is 5.01 Å². The van der Waals surface area contributed by atoms with E-state index in [1.807, 2.05) is 0 Å². The van der Waals surface area contributed by atoms with Crippen LogP contribution < -0.4 is 5.59 Å². The van der Waals surface area contributed by atoms with Crippen LogP contribution in [0.2, 0.25) is 0 Å². The van der Waals surface area contributed by atoms with Crippen molar-refractivity contribution in [2.45, 2.75) is 6.92 Å². The van der Waals surface area contributed by atoms with Crippen molar-refractivity contribution in [3.05, 3.63) is 10.4 Å². The fourth-order valence-corrected chi connectivity index (χ4v) is 1.19. The van der Waals surface area contributed by atoms with Gasteiger partial charge in [0.1, 0.15) is 0 Å². The Morgan fingerprint density at radius 1 is 1.50 bits per heavy atom. The van der Waals surface area contributed by atoms with Gasteiger partial charge in [-0.1, -0.05) is 0 Å². The average molecular weight is 166 g/mol. The van der Waals surface area contributed by atoms with E-state index in [-0.39, 0.29) is 0 Å². The summed E-state index contributed by atoms with van der Waals surface area (Å²) in [6, 6.07) is 0. The van der Waals surface area contributed by atoms with E-state index in [1.165, 1.54) is 0 Å². The molecular weight excluding hydrogens is 162 g/mol. The predicted molar refractivity (Wildman–Crippen MR) is 35.6 cm³/mol. The molecule has 10 heavy (non-hydrogen) atoms. The quantitative estimate of drug-likeness (QED) is 0.576. The maximum atomic E-state index is 11.8. The van der Waals surface area contributed by atoms with Crippen molar-refractivity contribution in [2.75, 3.05) is 0 Å². The molecule has 1 rings (SSSR count). The first-order chi connectivity index (χ1) is 4.50. The maximum absolute atomic E-state index is 11.8. The summed E-state index contributed by atoms with van der Waals surface area (Å²) in [7, 11) is 0. The molecule has 0 aliphatic rings. The minimum Gasteiger partial charge on any atom is -0.444 e. The average Bonchev–Trinajstić information content (AvgIpc) is 2.11. The lowest BCUT2D eigenvalue weighted by atomic mass is 9.88. The molecule has 0 saturated carbocycles. The van der Waals surface area contributed by atoms with E-state index in [0.717, 1.165) is 16.7 Å². The first-order valence-electron chi connectivity index (χ1n) is 2.62. The maximum Gasteiger partial charge on any atom is 0.528 e. The minimum atomic E-state index is -4.88. The number of hydrogen-bond donors (Lipinski definition) is 0. The second-order valence-corrected chi connectivity index (χ2v) is 2.93. The lowest BCUT2D eigenvalue weighted by molar-refractivity contribution is 0.498. The van der Waals surface area contributed by atoms with E-state index in [1.54, 1.807) is 6.92 Å². The number of hydrogen-bond acceptors (Lipinski definition) is 2. The van der Waals surface area contributed by atoms with Crippen molar-refractivity contribution in [1.82, 2.24) is 4.98 Å². The highest BCUT2D eigenvalue weighted by Crippen LogP contribution is 2.10. The van der Waals surface area contributed by atoms with Crippen LogP contribution in [0.3, 0.4) is 0 Å². The molecule has 0 aromatic carbocycles. The molecule has 1 aromatic heterocycles. The van der Waals surface area contributed by atoms with Gasteiger partial charge in [-0.2, -0.15) is 0 Å². The number of aromatic nitrogens is 1. The second kappa shape index (κ2) is 2.27. The number of thiazole rings is 1. The summed E-state index contributed by atoms with van der Waals surface area (Å²) in [5, 5.41) is 1.49. The summed E-state index contributed by atoms with van der Waals surface area (Å²) in [6.07, 6.45) is 0. The van der Waals surface area contributed by atoms with Crippen molar-refractivity contribution in [1.29, 1.82) is 0 Å². The van der Waals surface area contributed by atoms with Gasteiger partial charge in [-0.05, 0) is 17.9 Å². The molecule has 1 heterocycles. The van der Waals surface area contributed by atoms with Gasteiger partial charge in [0.2, 0.25) is 0 Å². The van der Waals surface area contributed by atoms with Gasteiger partial charge in [-0.3, -0.25) is 4.98 Å². The molecule has 0 radical (unpaired) electrons. The third-order valence-electron chi connectivity index (χ3n) is 0.972. The molecule has 1 nitrogen and oxygen atoms in total. The van der Waals surface area contributed by atoms with Crippen molar-refractivity contribution in [3.63, 3.8) is 0 Å². The summed E-state index contributed by atoms with van der Waals surface area (Å²) in [4.78, 5) is 3.30. The van der Waals surface area contributed by atoms with E-state index >= 15 is 0 Å². The van der Waals surface area contributed by atoms with E-state index < -0.39 is 12.6 Å². The van der Waals surface area contributed by atoms with Crippen molar-refractivity contribution in [2.24, 2.45) is 0 Å². The van der Waals surface area contributed by atoms with Crippen molar-refractivity contribution >= 4 is 23.9 Å². The third kappa shape index (κ3) is 1.50. The van der Waals surface area contributed by atoms with Crippen molar-refractivity contribution in [3.8, 4) is 0 Å². The Morgan fingerprint density at radius 2 is 2.10 bits per heavy atom. The fraction of sp³-hybridized carbons (Fsp3) is 0.250. The van der Waals surface area contributed by atoms with Gasteiger partial charge in [0.05, 0.1) is 5.01 Å². The number of rotatable bonds is 1. The van der Waals surface area contributed by atoms with Crippen LogP contribution in [0.15, 0.2) is 5.38 Å². The lowest BCUT2D eigenvalue weighted by Gasteiger charge is -2.08. The largest absolute Gasteiger partial charge is 0.528 e. The molecule has 0 amide bonds. The van der Waals surface area contributed by atoms with Crippen LogP contribution in [0.5, 0.6) is 0 Å². The van der Waals surface area contributed by atoms with Crippen molar-refractivity contribution < 1.29 is 12.9 Å². The zero-order valence-electron chi connectivity index (χ0n) is 5.14. The molecule has 0 spiro atoms. The molecule has 0 atom stereocenters. The standard InChI is InChI=1S/C4H4BF3NS/c1-3-9-4(2-10-3)5(6,7)8/h2H,1H3/q-1. The Labute approximate surface area is 60.0 Å². The summed E-state index contributed by atoms with van der Waals surface area (Å²) in [5.74, 6) is 0.